The van der Waals surface area contributed by atoms with Crippen LogP contribution in [0.5, 0.6) is 0 Å². The van der Waals surface area contributed by atoms with Crippen LogP contribution in [0.4, 0.5) is 0 Å². The normalized spacial score (nSPS) is 20.4. The summed E-state index contributed by atoms with van der Waals surface area (Å²) >= 11 is 0. The molecule has 0 aromatic heterocycles. The first-order valence-corrected chi connectivity index (χ1v) is 9.73. The Kier molecular flexibility index (Phi) is 9.99. The Bertz CT molecular complexity index is 591. The molecule has 0 aliphatic carbocycles. The van der Waals surface area contributed by atoms with Gasteiger partial charge in [0.15, 0.2) is 0 Å². The number of rotatable bonds is 11. The van der Waals surface area contributed by atoms with Crippen LogP contribution in [-0.2, 0) is 19.2 Å². The van der Waals surface area contributed by atoms with E-state index in [4.69, 9.17) is 10.2 Å². The maximum atomic E-state index is 12.7. The van der Waals surface area contributed by atoms with E-state index in [0.29, 0.717) is 12.8 Å². The van der Waals surface area contributed by atoms with Gasteiger partial charge in [0, 0.05) is 0 Å². The average molecular weight is 416 g/mol. The molecule has 7 N–H and O–H groups in total. The number of carbonyl (C=O) groups excluding carboxylic acids is 3. The van der Waals surface area contributed by atoms with Crippen LogP contribution in [0.25, 0.3) is 0 Å². The molecule has 1 rings (SSSR count). The fraction of sp³-hybridized carbons (Fsp3) is 0.778. The van der Waals surface area contributed by atoms with E-state index < -0.39 is 48.6 Å². The second-order valence-electron chi connectivity index (χ2n) is 7.65. The largest absolute Gasteiger partial charge is 0.480 e. The molecule has 3 amide bonds. The first kappa shape index (κ1) is 24.8. The molecule has 166 valence electrons. The van der Waals surface area contributed by atoms with Gasteiger partial charge in [-0.25, -0.2) is 4.79 Å². The highest BCUT2D eigenvalue weighted by Crippen LogP contribution is 2.09. The molecule has 5 atom stereocenters. The van der Waals surface area contributed by atoms with Crippen LogP contribution in [0.3, 0.4) is 0 Å². The number of hydrogen-bond donors (Lipinski definition) is 7. The Labute approximate surface area is 169 Å². The van der Waals surface area contributed by atoms with Crippen LogP contribution in [-0.4, -0.2) is 82.4 Å². The summed E-state index contributed by atoms with van der Waals surface area (Å²) in [6.07, 6.45) is 0.503. The zero-order valence-corrected chi connectivity index (χ0v) is 17.0. The van der Waals surface area contributed by atoms with Crippen LogP contribution >= 0.6 is 0 Å². The molecule has 0 aromatic carbocycles. The molecule has 0 radical (unpaired) electrons. The van der Waals surface area contributed by atoms with Crippen molar-refractivity contribution in [1.29, 1.82) is 0 Å². The average Bonchev–Trinajstić information content (AvgIpc) is 3.17. The van der Waals surface area contributed by atoms with Gasteiger partial charge in [0.1, 0.15) is 18.1 Å². The minimum atomic E-state index is -1.57. The minimum absolute atomic E-state index is 0.0622. The van der Waals surface area contributed by atoms with Crippen LogP contribution in [0.2, 0.25) is 0 Å². The number of aliphatic hydroxyl groups excluding tert-OH is 2. The molecule has 1 heterocycles. The van der Waals surface area contributed by atoms with E-state index in [9.17, 15) is 24.3 Å². The van der Waals surface area contributed by atoms with Crippen LogP contribution in [0, 0.1) is 5.92 Å². The lowest BCUT2D eigenvalue weighted by Gasteiger charge is -2.27. The highest BCUT2D eigenvalue weighted by molar-refractivity contribution is 5.94. The van der Waals surface area contributed by atoms with Gasteiger partial charge in [0.2, 0.25) is 17.7 Å². The van der Waals surface area contributed by atoms with E-state index in [-0.39, 0.29) is 17.9 Å². The van der Waals surface area contributed by atoms with Crippen molar-refractivity contribution in [1.82, 2.24) is 21.3 Å². The van der Waals surface area contributed by atoms with Gasteiger partial charge in [0.25, 0.3) is 0 Å². The maximum absolute atomic E-state index is 12.7. The van der Waals surface area contributed by atoms with Gasteiger partial charge < -0.3 is 36.6 Å². The second kappa shape index (κ2) is 11.7. The van der Waals surface area contributed by atoms with Gasteiger partial charge in [-0.05, 0) is 38.6 Å². The van der Waals surface area contributed by atoms with Gasteiger partial charge in [-0.2, -0.15) is 0 Å². The highest BCUT2D eigenvalue weighted by atomic mass is 16.4. The zero-order valence-electron chi connectivity index (χ0n) is 17.0. The molecule has 11 nitrogen and oxygen atoms in total. The number of carbonyl (C=O) groups is 4. The SMILES string of the molecule is CC(C)CC(NC(=O)C1CCCN1)C(=O)NC(C(=O)NC(CO)C(=O)O)C(C)O. The number of carboxylic acids is 1. The van der Waals surface area contributed by atoms with E-state index in [1.165, 1.54) is 6.92 Å². The lowest BCUT2D eigenvalue weighted by atomic mass is 10.0. The quantitative estimate of drug-likeness (QED) is 0.196. The Hall–Kier alpha value is -2.24. The topological polar surface area (TPSA) is 177 Å². The number of aliphatic hydroxyl groups is 2. The van der Waals surface area contributed by atoms with Gasteiger partial charge in [-0.1, -0.05) is 13.8 Å². The van der Waals surface area contributed by atoms with Crippen molar-refractivity contribution in [3.63, 3.8) is 0 Å². The van der Waals surface area contributed by atoms with Crippen molar-refractivity contribution in [2.45, 2.75) is 70.3 Å². The second-order valence-corrected chi connectivity index (χ2v) is 7.65. The third-order valence-corrected chi connectivity index (χ3v) is 4.58. The Balaban J connectivity index is 2.84. The number of carboxylic acid groups (broad SMARTS) is 1. The van der Waals surface area contributed by atoms with Crippen molar-refractivity contribution in [3.8, 4) is 0 Å². The van der Waals surface area contributed by atoms with Crippen molar-refractivity contribution < 1.29 is 34.5 Å². The van der Waals surface area contributed by atoms with Gasteiger partial charge in [0.05, 0.1) is 18.8 Å². The number of amides is 3. The summed E-state index contributed by atoms with van der Waals surface area (Å²) in [5.41, 5.74) is 0. The molecule has 5 unspecified atom stereocenters. The third kappa shape index (κ3) is 7.95. The van der Waals surface area contributed by atoms with Gasteiger partial charge in [-0.15, -0.1) is 0 Å². The predicted octanol–water partition coefficient (Wildman–Crippen LogP) is -2.30. The van der Waals surface area contributed by atoms with Crippen LogP contribution in [0.15, 0.2) is 0 Å². The Morgan fingerprint density at radius 1 is 1.03 bits per heavy atom. The molecule has 11 heteroatoms. The summed E-state index contributed by atoms with van der Waals surface area (Å²) in [5, 5.41) is 38.0. The molecular formula is C18H32N4O7. The lowest BCUT2D eigenvalue weighted by molar-refractivity contribution is -0.144. The molecular weight excluding hydrogens is 384 g/mol. The van der Waals surface area contributed by atoms with Crippen molar-refractivity contribution >= 4 is 23.7 Å². The van der Waals surface area contributed by atoms with E-state index in [2.05, 4.69) is 21.3 Å². The summed E-state index contributed by atoms with van der Waals surface area (Å²) in [7, 11) is 0. The lowest BCUT2D eigenvalue weighted by Crippen LogP contribution is -2.60. The molecule has 0 bridgehead atoms. The molecule has 1 aliphatic rings. The summed E-state index contributed by atoms with van der Waals surface area (Å²) in [4.78, 5) is 48.4. The van der Waals surface area contributed by atoms with Crippen LogP contribution in [0.1, 0.15) is 40.0 Å². The summed E-state index contributed by atoms with van der Waals surface area (Å²) in [5.74, 6) is -3.32. The molecule has 29 heavy (non-hydrogen) atoms. The zero-order chi connectivity index (χ0) is 22.1. The minimum Gasteiger partial charge on any atom is -0.480 e. The van der Waals surface area contributed by atoms with Crippen LogP contribution < -0.4 is 21.3 Å². The fourth-order valence-electron chi connectivity index (χ4n) is 2.99. The Morgan fingerprint density at radius 3 is 2.14 bits per heavy atom. The third-order valence-electron chi connectivity index (χ3n) is 4.58. The van der Waals surface area contributed by atoms with Crippen molar-refractivity contribution in [3.05, 3.63) is 0 Å². The number of aliphatic carboxylic acids is 1. The maximum Gasteiger partial charge on any atom is 0.328 e. The molecule has 0 aromatic rings. The Morgan fingerprint density at radius 2 is 1.69 bits per heavy atom. The summed E-state index contributed by atoms with van der Waals surface area (Å²) in [6, 6.07) is -4.33. The standard InChI is InChI=1S/C18H32N4O7/c1-9(2)7-12(20-15(25)11-5-4-6-19-11)16(26)22-14(10(3)24)17(27)21-13(8-23)18(28)29/h9-14,19,23-24H,4-8H2,1-3H3,(H,20,25)(H,21,27)(H,22,26)(H,28,29). The molecule has 0 spiro atoms. The molecule has 1 fully saturated rings. The molecule has 0 saturated carbocycles. The molecule has 1 saturated heterocycles. The van der Waals surface area contributed by atoms with E-state index in [1.54, 1.807) is 0 Å². The fourth-order valence-corrected chi connectivity index (χ4v) is 2.99. The van der Waals surface area contributed by atoms with Crippen molar-refractivity contribution in [2.75, 3.05) is 13.2 Å². The molecule has 1 aliphatic heterocycles. The smallest absolute Gasteiger partial charge is 0.328 e. The first-order chi connectivity index (χ1) is 13.6. The van der Waals surface area contributed by atoms with E-state index >= 15 is 0 Å². The van der Waals surface area contributed by atoms with Gasteiger partial charge >= 0.3 is 5.97 Å². The summed E-state index contributed by atoms with van der Waals surface area (Å²) < 4.78 is 0. The first-order valence-electron chi connectivity index (χ1n) is 9.73. The van der Waals surface area contributed by atoms with E-state index in [1.807, 2.05) is 13.8 Å². The summed E-state index contributed by atoms with van der Waals surface area (Å²) in [6.45, 7) is 4.88. The van der Waals surface area contributed by atoms with E-state index in [0.717, 1.165) is 13.0 Å². The monoisotopic (exact) mass is 416 g/mol. The highest BCUT2D eigenvalue weighted by Gasteiger charge is 2.33. The van der Waals surface area contributed by atoms with Gasteiger partial charge in [-0.3, -0.25) is 14.4 Å². The van der Waals surface area contributed by atoms with Crippen molar-refractivity contribution in [2.24, 2.45) is 5.92 Å². The number of nitrogens with one attached hydrogen (secondary N) is 4. The number of hydrogen-bond acceptors (Lipinski definition) is 7. The predicted molar refractivity (Wildman–Crippen MR) is 103 cm³/mol.